The summed E-state index contributed by atoms with van der Waals surface area (Å²) in [5.74, 6) is 0.751. The fourth-order valence-corrected chi connectivity index (χ4v) is 2.34. The van der Waals surface area contributed by atoms with Gasteiger partial charge in [0.05, 0.1) is 0 Å². The van der Waals surface area contributed by atoms with Crippen LogP contribution in [0.3, 0.4) is 0 Å². The molecule has 0 aromatic carbocycles. The highest BCUT2D eigenvalue weighted by molar-refractivity contribution is 5.68. The van der Waals surface area contributed by atoms with Crippen LogP contribution < -0.4 is 5.32 Å². The van der Waals surface area contributed by atoms with Crippen molar-refractivity contribution in [2.24, 2.45) is 7.05 Å². The Kier molecular flexibility index (Phi) is 4.78. The molecule has 0 fully saturated rings. The van der Waals surface area contributed by atoms with Gasteiger partial charge in [-0.05, 0) is 34.1 Å². The summed E-state index contributed by atoms with van der Waals surface area (Å²) in [5, 5.41) is 7.08. The fourth-order valence-electron chi connectivity index (χ4n) is 2.34. The Morgan fingerprint density at radius 3 is 2.45 bits per heavy atom. The zero-order valence-corrected chi connectivity index (χ0v) is 13.5. The summed E-state index contributed by atoms with van der Waals surface area (Å²) in [5.41, 5.74) is -0.870. The van der Waals surface area contributed by atoms with Crippen LogP contribution in [0.1, 0.15) is 53.8 Å². The molecule has 114 valence electrons. The summed E-state index contributed by atoms with van der Waals surface area (Å²) in [4.78, 5) is 16.0. The summed E-state index contributed by atoms with van der Waals surface area (Å²) in [7, 11) is 1.84. The molecule has 1 aromatic rings. The molecular formula is C14H26N4O2. The topological polar surface area (TPSA) is 69.0 Å². The van der Waals surface area contributed by atoms with Gasteiger partial charge in [0.25, 0.3) is 0 Å². The van der Waals surface area contributed by atoms with Crippen LogP contribution in [0.2, 0.25) is 0 Å². The molecule has 0 unspecified atom stereocenters. The first kappa shape index (κ1) is 16.5. The molecule has 0 saturated carbocycles. The lowest BCUT2D eigenvalue weighted by molar-refractivity contribution is 0.0169. The summed E-state index contributed by atoms with van der Waals surface area (Å²) in [6.07, 6.45) is 1.92. The maximum Gasteiger partial charge on any atom is 0.407 e. The van der Waals surface area contributed by atoms with Crippen molar-refractivity contribution in [3.05, 3.63) is 12.2 Å². The van der Waals surface area contributed by atoms with Gasteiger partial charge in [0, 0.05) is 18.5 Å². The SMILES string of the molecule is CC(C)NC(=O)OC(C)(C)CC(C)(C)c1ncn(C)n1. The van der Waals surface area contributed by atoms with Gasteiger partial charge in [-0.15, -0.1) is 0 Å². The van der Waals surface area contributed by atoms with Crippen molar-refractivity contribution in [1.82, 2.24) is 20.1 Å². The van der Waals surface area contributed by atoms with E-state index in [0.717, 1.165) is 5.82 Å². The van der Waals surface area contributed by atoms with E-state index in [1.807, 2.05) is 48.6 Å². The zero-order valence-electron chi connectivity index (χ0n) is 13.5. The maximum absolute atomic E-state index is 11.7. The Bertz CT molecular complexity index is 463. The first-order chi connectivity index (χ1) is 9.02. The van der Waals surface area contributed by atoms with Crippen molar-refractivity contribution in [3.63, 3.8) is 0 Å². The number of aromatic nitrogens is 3. The molecule has 0 aliphatic rings. The largest absolute Gasteiger partial charge is 0.444 e. The molecule has 0 saturated heterocycles. The van der Waals surface area contributed by atoms with Crippen molar-refractivity contribution in [1.29, 1.82) is 0 Å². The molecule has 0 atom stereocenters. The maximum atomic E-state index is 11.7. The molecular weight excluding hydrogens is 256 g/mol. The molecule has 0 bridgehead atoms. The predicted molar refractivity (Wildman–Crippen MR) is 77.5 cm³/mol. The number of nitrogens with zero attached hydrogens (tertiary/aromatic N) is 3. The van der Waals surface area contributed by atoms with Crippen LogP contribution in [0.15, 0.2) is 6.33 Å². The molecule has 1 rings (SSSR count). The van der Waals surface area contributed by atoms with Crippen LogP contribution in [0.25, 0.3) is 0 Å². The fraction of sp³-hybridized carbons (Fsp3) is 0.786. The minimum atomic E-state index is -0.596. The number of hydrogen-bond donors (Lipinski definition) is 1. The highest BCUT2D eigenvalue weighted by Crippen LogP contribution is 2.31. The van der Waals surface area contributed by atoms with Gasteiger partial charge in [-0.25, -0.2) is 9.78 Å². The third kappa shape index (κ3) is 4.83. The number of alkyl carbamates (subject to hydrolysis) is 1. The third-order valence-electron chi connectivity index (χ3n) is 2.85. The molecule has 20 heavy (non-hydrogen) atoms. The molecule has 1 aromatic heterocycles. The molecule has 1 N–H and O–H groups in total. The second-order valence-electron chi connectivity index (χ2n) is 6.75. The van der Waals surface area contributed by atoms with Gasteiger partial charge in [0.2, 0.25) is 0 Å². The normalized spacial score (nSPS) is 12.6. The first-order valence-corrected chi connectivity index (χ1v) is 6.87. The minimum absolute atomic E-state index is 0.0590. The lowest BCUT2D eigenvalue weighted by atomic mass is 9.81. The van der Waals surface area contributed by atoms with Crippen LogP contribution in [-0.4, -0.2) is 32.5 Å². The van der Waals surface area contributed by atoms with E-state index in [1.54, 1.807) is 11.0 Å². The predicted octanol–water partition coefficient (Wildman–Crippen LogP) is 2.40. The quantitative estimate of drug-likeness (QED) is 0.900. The van der Waals surface area contributed by atoms with Crippen LogP contribution >= 0.6 is 0 Å². The average Bonchev–Trinajstić information content (AvgIpc) is 2.60. The Labute approximate surface area is 120 Å². The van der Waals surface area contributed by atoms with E-state index < -0.39 is 11.7 Å². The van der Waals surface area contributed by atoms with Gasteiger partial charge in [-0.1, -0.05) is 13.8 Å². The third-order valence-corrected chi connectivity index (χ3v) is 2.85. The summed E-state index contributed by atoms with van der Waals surface area (Å²) in [6.45, 7) is 11.7. The second-order valence-corrected chi connectivity index (χ2v) is 6.75. The van der Waals surface area contributed by atoms with E-state index in [9.17, 15) is 4.79 Å². The number of aryl methyl sites for hydroxylation is 1. The molecule has 0 spiro atoms. The monoisotopic (exact) mass is 282 g/mol. The Hall–Kier alpha value is -1.59. The standard InChI is InChI=1S/C14H26N4O2/c1-10(2)16-12(19)20-14(5,6)8-13(3,4)11-15-9-18(7)17-11/h9-10H,8H2,1-7H3,(H,16,19). The molecule has 6 nitrogen and oxygen atoms in total. The number of nitrogens with one attached hydrogen (secondary N) is 1. The molecule has 1 amide bonds. The lowest BCUT2D eigenvalue weighted by Crippen LogP contribution is -2.41. The number of hydrogen-bond acceptors (Lipinski definition) is 4. The number of rotatable bonds is 5. The van der Waals surface area contributed by atoms with E-state index >= 15 is 0 Å². The zero-order chi connectivity index (χ0) is 15.6. The average molecular weight is 282 g/mol. The number of carbonyl (C=O) groups is 1. The van der Waals surface area contributed by atoms with E-state index in [1.165, 1.54) is 0 Å². The van der Waals surface area contributed by atoms with E-state index in [0.29, 0.717) is 6.42 Å². The van der Waals surface area contributed by atoms with Crippen LogP contribution in [0.5, 0.6) is 0 Å². The van der Waals surface area contributed by atoms with E-state index in [2.05, 4.69) is 15.4 Å². The van der Waals surface area contributed by atoms with Gasteiger partial charge >= 0.3 is 6.09 Å². The Balaban J connectivity index is 2.71. The summed E-state index contributed by atoms with van der Waals surface area (Å²) in [6, 6.07) is 0.0590. The summed E-state index contributed by atoms with van der Waals surface area (Å²) >= 11 is 0. The molecule has 6 heteroatoms. The number of ether oxygens (including phenoxy) is 1. The summed E-state index contributed by atoms with van der Waals surface area (Å²) < 4.78 is 7.18. The van der Waals surface area contributed by atoms with E-state index in [-0.39, 0.29) is 11.5 Å². The Morgan fingerprint density at radius 1 is 1.40 bits per heavy atom. The van der Waals surface area contributed by atoms with Crippen molar-refractivity contribution in [2.45, 2.75) is 65.0 Å². The highest BCUT2D eigenvalue weighted by atomic mass is 16.6. The molecule has 0 aliphatic heterocycles. The molecule has 1 heterocycles. The molecule has 0 aliphatic carbocycles. The first-order valence-electron chi connectivity index (χ1n) is 6.87. The van der Waals surface area contributed by atoms with Crippen molar-refractivity contribution in [3.8, 4) is 0 Å². The minimum Gasteiger partial charge on any atom is -0.444 e. The van der Waals surface area contributed by atoms with Gasteiger partial charge in [-0.2, -0.15) is 5.10 Å². The van der Waals surface area contributed by atoms with E-state index in [4.69, 9.17) is 4.74 Å². The number of carbonyl (C=O) groups excluding carboxylic acids is 1. The Morgan fingerprint density at radius 2 is 2.00 bits per heavy atom. The smallest absolute Gasteiger partial charge is 0.407 e. The van der Waals surface area contributed by atoms with Crippen molar-refractivity contribution in [2.75, 3.05) is 0 Å². The van der Waals surface area contributed by atoms with Gasteiger partial charge in [0.1, 0.15) is 11.9 Å². The van der Waals surface area contributed by atoms with Gasteiger partial charge < -0.3 is 10.1 Å². The highest BCUT2D eigenvalue weighted by Gasteiger charge is 2.35. The van der Waals surface area contributed by atoms with Gasteiger partial charge in [0.15, 0.2) is 5.82 Å². The van der Waals surface area contributed by atoms with Crippen LogP contribution in [-0.2, 0) is 17.2 Å². The lowest BCUT2D eigenvalue weighted by Gasteiger charge is -2.33. The second kappa shape index (κ2) is 5.81. The molecule has 0 radical (unpaired) electrons. The van der Waals surface area contributed by atoms with Crippen molar-refractivity contribution < 1.29 is 9.53 Å². The van der Waals surface area contributed by atoms with Crippen LogP contribution in [0, 0.1) is 0 Å². The van der Waals surface area contributed by atoms with Crippen LogP contribution in [0.4, 0.5) is 4.79 Å². The number of amides is 1. The van der Waals surface area contributed by atoms with Gasteiger partial charge in [-0.3, -0.25) is 4.68 Å². The van der Waals surface area contributed by atoms with Crippen molar-refractivity contribution >= 4 is 6.09 Å².